The fourth-order valence-corrected chi connectivity index (χ4v) is 1.71. The van der Waals surface area contributed by atoms with Crippen LogP contribution in [-0.2, 0) is 0 Å². The largest absolute Gasteiger partial charge is 0.480 e. The van der Waals surface area contributed by atoms with Gasteiger partial charge in [-0.1, -0.05) is 23.7 Å². The second-order valence-electron chi connectivity index (χ2n) is 3.41. The van der Waals surface area contributed by atoms with Crippen molar-refractivity contribution in [1.29, 1.82) is 0 Å². The van der Waals surface area contributed by atoms with E-state index < -0.39 is 6.10 Å². The average Bonchev–Trinajstić information content (AvgIpc) is 2.38. The minimum atomic E-state index is -0.905. The van der Waals surface area contributed by atoms with Gasteiger partial charge in [0.25, 0.3) is 0 Å². The van der Waals surface area contributed by atoms with Crippen molar-refractivity contribution >= 4 is 11.6 Å². The summed E-state index contributed by atoms with van der Waals surface area (Å²) in [7, 11) is 1.48. The maximum atomic E-state index is 10.2. The summed E-state index contributed by atoms with van der Waals surface area (Å²) in [6.07, 6.45) is 2.11. The second kappa shape index (κ2) is 5.12. The van der Waals surface area contributed by atoms with Gasteiger partial charge < -0.3 is 9.84 Å². The normalized spacial score (nSPS) is 12.2. The Bertz CT molecular complexity index is 519. The van der Waals surface area contributed by atoms with Crippen LogP contribution in [0.3, 0.4) is 0 Å². The van der Waals surface area contributed by atoms with Crippen LogP contribution in [0.4, 0.5) is 0 Å². The van der Waals surface area contributed by atoms with Crippen molar-refractivity contribution < 1.29 is 9.84 Å². The number of aromatic nitrogens is 2. The van der Waals surface area contributed by atoms with Gasteiger partial charge in [0, 0.05) is 17.4 Å². The number of nitrogens with zero attached hydrogens (tertiary/aromatic N) is 2. The molecule has 2 aromatic rings. The van der Waals surface area contributed by atoms with Crippen LogP contribution in [-0.4, -0.2) is 22.2 Å². The topological polar surface area (TPSA) is 55.2 Å². The number of aliphatic hydroxyl groups is 1. The molecule has 0 bridgehead atoms. The number of halogens is 1. The first-order chi connectivity index (χ1) is 8.22. The lowest BCUT2D eigenvalue weighted by molar-refractivity contribution is 0.207. The van der Waals surface area contributed by atoms with Crippen molar-refractivity contribution in [1.82, 2.24) is 9.97 Å². The highest BCUT2D eigenvalue weighted by atomic mass is 35.5. The highest BCUT2D eigenvalue weighted by molar-refractivity contribution is 6.30. The summed E-state index contributed by atoms with van der Waals surface area (Å²) in [6, 6.07) is 6.96. The summed E-state index contributed by atoms with van der Waals surface area (Å²) < 4.78 is 5.05. The van der Waals surface area contributed by atoms with E-state index in [1.54, 1.807) is 24.3 Å². The number of benzene rings is 1. The van der Waals surface area contributed by atoms with E-state index >= 15 is 0 Å². The van der Waals surface area contributed by atoms with E-state index in [4.69, 9.17) is 16.3 Å². The van der Waals surface area contributed by atoms with Gasteiger partial charge in [-0.2, -0.15) is 0 Å². The zero-order chi connectivity index (χ0) is 12.3. The number of hydrogen-bond acceptors (Lipinski definition) is 4. The molecule has 1 heterocycles. The molecule has 1 aromatic carbocycles. The molecule has 0 aliphatic carbocycles. The molecule has 0 amide bonds. The van der Waals surface area contributed by atoms with E-state index in [2.05, 4.69) is 9.97 Å². The Kier molecular flexibility index (Phi) is 3.56. The highest BCUT2D eigenvalue weighted by Gasteiger charge is 2.17. The van der Waals surface area contributed by atoms with Gasteiger partial charge in [-0.15, -0.1) is 0 Å². The molecular formula is C12H11ClN2O2. The molecule has 0 aliphatic rings. The molecule has 4 nitrogen and oxygen atoms in total. The lowest BCUT2D eigenvalue weighted by Crippen LogP contribution is -2.06. The first-order valence-corrected chi connectivity index (χ1v) is 5.38. The summed E-state index contributed by atoms with van der Waals surface area (Å²) in [5, 5.41) is 10.7. The van der Waals surface area contributed by atoms with Crippen molar-refractivity contribution in [2.75, 3.05) is 7.11 Å². The molecule has 1 atom stereocenters. The van der Waals surface area contributed by atoms with Crippen molar-refractivity contribution in [3.05, 3.63) is 52.9 Å². The van der Waals surface area contributed by atoms with Crippen LogP contribution in [0.25, 0.3) is 0 Å². The van der Waals surface area contributed by atoms with Gasteiger partial charge in [-0.25, -0.2) is 4.98 Å². The lowest BCUT2D eigenvalue weighted by Gasteiger charge is -2.12. The lowest BCUT2D eigenvalue weighted by atomic mass is 10.1. The third-order valence-corrected chi connectivity index (χ3v) is 2.54. The predicted molar refractivity (Wildman–Crippen MR) is 64.1 cm³/mol. The van der Waals surface area contributed by atoms with Gasteiger partial charge >= 0.3 is 0 Å². The van der Waals surface area contributed by atoms with Crippen LogP contribution in [0, 0.1) is 0 Å². The smallest absolute Gasteiger partial charge is 0.238 e. The van der Waals surface area contributed by atoms with Crippen LogP contribution in [0.2, 0.25) is 5.02 Å². The molecule has 1 aromatic heterocycles. The number of ether oxygens (including phenoxy) is 1. The Balaban J connectivity index is 2.40. The van der Waals surface area contributed by atoms with Gasteiger partial charge in [-0.3, -0.25) is 4.98 Å². The van der Waals surface area contributed by atoms with Crippen molar-refractivity contribution in [3.8, 4) is 5.88 Å². The van der Waals surface area contributed by atoms with Gasteiger partial charge in [0.1, 0.15) is 11.8 Å². The first kappa shape index (κ1) is 11.8. The third kappa shape index (κ3) is 2.54. The Hall–Kier alpha value is -1.65. The number of rotatable bonds is 3. The van der Waals surface area contributed by atoms with E-state index in [9.17, 15) is 5.11 Å². The molecule has 0 spiro atoms. The van der Waals surface area contributed by atoms with E-state index in [0.717, 1.165) is 0 Å². The fourth-order valence-electron chi connectivity index (χ4n) is 1.52. The summed E-state index contributed by atoms with van der Waals surface area (Å²) in [5.41, 5.74) is 1.02. The number of hydrogen-bond donors (Lipinski definition) is 1. The van der Waals surface area contributed by atoms with Crippen LogP contribution < -0.4 is 4.74 Å². The standard InChI is InChI=1S/C12H11ClN2O2/c1-17-12-10(14-5-6-15-12)11(16)8-3-2-4-9(13)7-8/h2-7,11,16H,1H3. The Morgan fingerprint density at radius 1 is 1.29 bits per heavy atom. The van der Waals surface area contributed by atoms with Crippen molar-refractivity contribution in [3.63, 3.8) is 0 Å². The van der Waals surface area contributed by atoms with Gasteiger partial charge in [0.2, 0.25) is 5.88 Å². The summed E-state index contributed by atoms with van der Waals surface area (Å²) in [5.74, 6) is 0.306. The summed E-state index contributed by atoms with van der Waals surface area (Å²) >= 11 is 5.87. The first-order valence-electron chi connectivity index (χ1n) is 5.01. The molecule has 88 valence electrons. The fraction of sp³-hybridized carbons (Fsp3) is 0.167. The van der Waals surface area contributed by atoms with Crippen molar-refractivity contribution in [2.45, 2.75) is 6.10 Å². The SMILES string of the molecule is COc1nccnc1C(O)c1cccc(Cl)c1. The zero-order valence-corrected chi connectivity index (χ0v) is 9.93. The molecular weight excluding hydrogens is 240 g/mol. The van der Waals surface area contributed by atoms with E-state index in [-0.39, 0.29) is 0 Å². The third-order valence-electron chi connectivity index (χ3n) is 2.31. The van der Waals surface area contributed by atoms with Gasteiger partial charge in [0.05, 0.1) is 7.11 Å². The minimum absolute atomic E-state index is 0.306. The monoisotopic (exact) mass is 250 g/mol. The minimum Gasteiger partial charge on any atom is -0.480 e. The van der Waals surface area contributed by atoms with Crippen LogP contribution in [0.15, 0.2) is 36.7 Å². The molecule has 0 fully saturated rings. The number of aliphatic hydroxyl groups excluding tert-OH is 1. The van der Waals surface area contributed by atoms with E-state index in [1.165, 1.54) is 19.5 Å². The van der Waals surface area contributed by atoms with Crippen LogP contribution in [0.1, 0.15) is 17.4 Å². The molecule has 0 radical (unpaired) electrons. The molecule has 0 aliphatic heterocycles. The van der Waals surface area contributed by atoms with Crippen molar-refractivity contribution in [2.24, 2.45) is 0 Å². The number of methoxy groups -OCH3 is 1. The van der Waals surface area contributed by atoms with Gasteiger partial charge in [0.15, 0.2) is 0 Å². The Morgan fingerprint density at radius 2 is 2.06 bits per heavy atom. The Morgan fingerprint density at radius 3 is 2.76 bits per heavy atom. The van der Waals surface area contributed by atoms with E-state index in [0.29, 0.717) is 22.2 Å². The second-order valence-corrected chi connectivity index (χ2v) is 3.84. The average molecular weight is 251 g/mol. The van der Waals surface area contributed by atoms with E-state index in [1.807, 2.05) is 0 Å². The molecule has 2 rings (SSSR count). The van der Waals surface area contributed by atoms with Gasteiger partial charge in [-0.05, 0) is 17.7 Å². The molecule has 5 heteroatoms. The van der Waals surface area contributed by atoms with Crippen LogP contribution >= 0.6 is 11.6 Å². The molecule has 1 N–H and O–H groups in total. The highest BCUT2D eigenvalue weighted by Crippen LogP contribution is 2.27. The Labute approximate surface area is 104 Å². The predicted octanol–water partition coefficient (Wildman–Crippen LogP) is 2.22. The molecule has 17 heavy (non-hydrogen) atoms. The summed E-state index contributed by atoms with van der Waals surface area (Å²) in [6.45, 7) is 0. The molecule has 0 saturated carbocycles. The molecule has 1 unspecified atom stereocenters. The maximum Gasteiger partial charge on any atom is 0.238 e. The maximum absolute atomic E-state index is 10.2. The zero-order valence-electron chi connectivity index (χ0n) is 9.17. The van der Waals surface area contributed by atoms with Crippen LogP contribution in [0.5, 0.6) is 5.88 Å². The quantitative estimate of drug-likeness (QED) is 0.908. The summed E-state index contributed by atoms with van der Waals surface area (Å²) in [4.78, 5) is 8.06. The molecule has 0 saturated heterocycles.